The number of carbonyl (C=O) groups excluding carboxylic acids is 2. The first kappa shape index (κ1) is 21.0. The average Bonchev–Trinajstić information content (AvgIpc) is 3.61. The van der Waals surface area contributed by atoms with Crippen molar-refractivity contribution in [3.05, 3.63) is 36.4 Å². The summed E-state index contributed by atoms with van der Waals surface area (Å²) in [5.74, 6) is 0.527. The number of amides is 1. The third-order valence-corrected chi connectivity index (χ3v) is 6.92. The summed E-state index contributed by atoms with van der Waals surface area (Å²) in [6, 6.07) is 12.8. The molecule has 34 heavy (non-hydrogen) atoms. The van der Waals surface area contributed by atoms with Crippen molar-refractivity contribution in [3.8, 4) is 11.4 Å². The molecule has 8 nitrogen and oxygen atoms in total. The van der Waals surface area contributed by atoms with Gasteiger partial charge in [-0.3, -0.25) is 9.59 Å². The highest BCUT2D eigenvalue weighted by atomic mass is 16.5. The number of anilines is 3. The SMILES string of the molecule is CCOC(=O)C1CCCN(c2ccc3c(c2)nc2n3CC(=O)Nc3ccc(NC4CC4)cc3-2)C1. The molecule has 1 atom stereocenters. The fourth-order valence-electron chi connectivity index (χ4n) is 5.07. The molecule has 0 bridgehead atoms. The number of nitrogens with one attached hydrogen (secondary N) is 2. The molecule has 1 saturated heterocycles. The number of benzene rings is 2. The smallest absolute Gasteiger partial charge is 0.310 e. The van der Waals surface area contributed by atoms with Crippen LogP contribution in [-0.2, 0) is 20.9 Å². The minimum absolute atomic E-state index is 0.0559. The number of hydrogen-bond acceptors (Lipinski definition) is 6. The molecule has 3 aromatic rings. The van der Waals surface area contributed by atoms with Crippen molar-refractivity contribution >= 4 is 40.0 Å². The molecule has 0 spiro atoms. The molecule has 176 valence electrons. The fraction of sp³-hybridized carbons (Fsp3) is 0.423. The number of nitrogens with zero attached hydrogens (tertiary/aromatic N) is 3. The van der Waals surface area contributed by atoms with Gasteiger partial charge in [-0.25, -0.2) is 4.98 Å². The van der Waals surface area contributed by atoms with Gasteiger partial charge in [0.1, 0.15) is 12.4 Å². The Labute approximate surface area is 198 Å². The quantitative estimate of drug-likeness (QED) is 0.561. The van der Waals surface area contributed by atoms with E-state index in [0.717, 1.165) is 58.9 Å². The van der Waals surface area contributed by atoms with Gasteiger partial charge in [0.2, 0.25) is 5.91 Å². The van der Waals surface area contributed by atoms with E-state index < -0.39 is 0 Å². The zero-order valence-electron chi connectivity index (χ0n) is 19.3. The largest absolute Gasteiger partial charge is 0.466 e. The molecule has 1 amide bonds. The summed E-state index contributed by atoms with van der Waals surface area (Å²) >= 11 is 0. The lowest BCUT2D eigenvalue weighted by Gasteiger charge is -2.33. The van der Waals surface area contributed by atoms with Crippen LogP contribution in [0, 0.1) is 5.92 Å². The van der Waals surface area contributed by atoms with E-state index in [-0.39, 0.29) is 24.3 Å². The monoisotopic (exact) mass is 459 g/mol. The third-order valence-electron chi connectivity index (χ3n) is 6.92. The Morgan fingerprint density at radius 2 is 2.09 bits per heavy atom. The van der Waals surface area contributed by atoms with Gasteiger partial charge in [0.25, 0.3) is 0 Å². The lowest BCUT2D eigenvalue weighted by atomic mass is 9.97. The van der Waals surface area contributed by atoms with Crippen molar-refractivity contribution in [2.24, 2.45) is 5.92 Å². The van der Waals surface area contributed by atoms with Crippen molar-refractivity contribution in [1.82, 2.24) is 9.55 Å². The summed E-state index contributed by atoms with van der Waals surface area (Å²) in [6.45, 7) is 4.03. The van der Waals surface area contributed by atoms with E-state index in [2.05, 4.69) is 33.7 Å². The fourth-order valence-corrected chi connectivity index (χ4v) is 5.07. The highest BCUT2D eigenvalue weighted by Gasteiger charge is 2.28. The standard InChI is InChI=1S/C26H29N5O3/c1-2-34-26(33)16-4-3-11-30(14-16)19-8-10-23-22(13-19)29-25-20-12-18(27-17-5-6-17)7-9-21(20)28-24(32)15-31(23)25/h7-10,12-13,16-17,27H,2-6,11,14-15H2,1H3,(H,28,32). The Kier molecular flexibility index (Phi) is 5.16. The van der Waals surface area contributed by atoms with Gasteiger partial charge in [-0.05, 0) is 69.0 Å². The molecular formula is C26H29N5O3. The van der Waals surface area contributed by atoms with Gasteiger partial charge in [-0.2, -0.15) is 0 Å². The maximum Gasteiger partial charge on any atom is 0.310 e. The van der Waals surface area contributed by atoms with E-state index in [9.17, 15) is 9.59 Å². The first-order chi connectivity index (χ1) is 16.6. The summed E-state index contributed by atoms with van der Waals surface area (Å²) in [6.07, 6.45) is 4.20. The highest BCUT2D eigenvalue weighted by Crippen LogP contribution is 2.37. The summed E-state index contributed by atoms with van der Waals surface area (Å²) in [4.78, 5) is 32.2. The number of aromatic nitrogens is 2. The van der Waals surface area contributed by atoms with E-state index >= 15 is 0 Å². The molecule has 2 N–H and O–H groups in total. The van der Waals surface area contributed by atoms with E-state index in [1.165, 1.54) is 12.8 Å². The molecule has 1 unspecified atom stereocenters. The van der Waals surface area contributed by atoms with Crippen LogP contribution >= 0.6 is 0 Å². The van der Waals surface area contributed by atoms with Crippen LogP contribution in [0.4, 0.5) is 17.1 Å². The molecule has 2 fully saturated rings. The summed E-state index contributed by atoms with van der Waals surface area (Å²) in [7, 11) is 0. The van der Waals surface area contributed by atoms with Gasteiger partial charge in [0.05, 0.1) is 29.2 Å². The Morgan fingerprint density at radius 3 is 2.91 bits per heavy atom. The highest BCUT2D eigenvalue weighted by molar-refractivity contribution is 6.00. The molecule has 1 aromatic heterocycles. The van der Waals surface area contributed by atoms with Crippen molar-refractivity contribution in [3.63, 3.8) is 0 Å². The molecule has 0 radical (unpaired) electrons. The van der Waals surface area contributed by atoms with Crippen LogP contribution in [0.5, 0.6) is 0 Å². The summed E-state index contributed by atoms with van der Waals surface area (Å²) in [5.41, 5.74) is 5.59. The average molecular weight is 460 g/mol. The molecule has 3 aliphatic rings. The molecule has 3 heterocycles. The second-order valence-electron chi connectivity index (χ2n) is 9.46. The van der Waals surface area contributed by atoms with E-state index in [4.69, 9.17) is 9.72 Å². The molecule has 8 heteroatoms. The number of fused-ring (bicyclic) bond motifs is 5. The second kappa shape index (κ2) is 8.34. The van der Waals surface area contributed by atoms with Crippen LogP contribution in [0.3, 0.4) is 0 Å². The van der Waals surface area contributed by atoms with Gasteiger partial charge < -0.3 is 24.8 Å². The summed E-state index contributed by atoms with van der Waals surface area (Å²) in [5, 5.41) is 6.57. The summed E-state index contributed by atoms with van der Waals surface area (Å²) < 4.78 is 7.26. The van der Waals surface area contributed by atoms with E-state index in [1.54, 1.807) is 0 Å². The van der Waals surface area contributed by atoms with Crippen molar-refractivity contribution in [1.29, 1.82) is 0 Å². The maximum atomic E-state index is 12.7. The molecule has 2 aromatic carbocycles. The lowest BCUT2D eigenvalue weighted by Crippen LogP contribution is -2.39. The Hall–Kier alpha value is -3.55. The number of carbonyl (C=O) groups is 2. The Bertz CT molecular complexity index is 1280. The van der Waals surface area contributed by atoms with Gasteiger partial charge in [-0.15, -0.1) is 0 Å². The lowest BCUT2D eigenvalue weighted by molar-refractivity contribution is -0.148. The third kappa shape index (κ3) is 3.87. The van der Waals surface area contributed by atoms with E-state index in [0.29, 0.717) is 19.2 Å². The Balaban J connectivity index is 1.36. The number of ether oxygens (including phenoxy) is 1. The van der Waals surface area contributed by atoms with Gasteiger partial charge in [0, 0.05) is 36.1 Å². The van der Waals surface area contributed by atoms with Gasteiger partial charge >= 0.3 is 5.97 Å². The number of piperidine rings is 1. The molecule has 6 rings (SSSR count). The normalized spacial score (nSPS) is 19.7. The first-order valence-electron chi connectivity index (χ1n) is 12.2. The zero-order valence-corrected chi connectivity index (χ0v) is 19.3. The van der Waals surface area contributed by atoms with Gasteiger partial charge in [-0.1, -0.05) is 0 Å². The number of imidazole rings is 1. The second-order valence-corrected chi connectivity index (χ2v) is 9.46. The maximum absolute atomic E-state index is 12.7. The van der Waals surface area contributed by atoms with Crippen LogP contribution in [0.1, 0.15) is 32.6 Å². The predicted molar refractivity (Wildman–Crippen MR) is 132 cm³/mol. The first-order valence-corrected chi connectivity index (χ1v) is 12.2. The Morgan fingerprint density at radius 1 is 1.21 bits per heavy atom. The van der Waals surface area contributed by atoms with Crippen LogP contribution in [0.2, 0.25) is 0 Å². The van der Waals surface area contributed by atoms with Crippen LogP contribution < -0.4 is 15.5 Å². The van der Waals surface area contributed by atoms with Crippen LogP contribution in [0.25, 0.3) is 22.4 Å². The number of esters is 1. The zero-order chi connectivity index (χ0) is 23.2. The van der Waals surface area contributed by atoms with Crippen LogP contribution in [0.15, 0.2) is 36.4 Å². The van der Waals surface area contributed by atoms with Crippen LogP contribution in [-0.4, -0.2) is 47.2 Å². The minimum Gasteiger partial charge on any atom is -0.466 e. The molecule has 1 saturated carbocycles. The topological polar surface area (TPSA) is 88.5 Å². The predicted octanol–water partition coefficient (Wildman–Crippen LogP) is 4.01. The molecule has 1 aliphatic carbocycles. The molecular weight excluding hydrogens is 430 g/mol. The molecule has 2 aliphatic heterocycles. The van der Waals surface area contributed by atoms with Crippen molar-refractivity contribution < 1.29 is 14.3 Å². The van der Waals surface area contributed by atoms with Gasteiger partial charge in [0.15, 0.2) is 0 Å². The van der Waals surface area contributed by atoms with E-state index in [1.807, 2.05) is 29.7 Å². The van der Waals surface area contributed by atoms with Crippen molar-refractivity contribution in [2.45, 2.75) is 45.2 Å². The number of hydrogen-bond donors (Lipinski definition) is 2. The minimum atomic E-state index is -0.111. The van der Waals surface area contributed by atoms with Crippen molar-refractivity contribution in [2.75, 3.05) is 35.2 Å². The number of rotatable bonds is 5.